The SMILES string of the molecule is Cc1ncc(Cl)c(-c2cccc3c2ncn3SI)n1. The molecule has 0 saturated carbocycles. The minimum atomic E-state index is 0.537. The maximum atomic E-state index is 6.21. The van der Waals surface area contributed by atoms with Crippen molar-refractivity contribution in [2.24, 2.45) is 0 Å². The van der Waals surface area contributed by atoms with Crippen LogP contribution in [0.15, 0.2) is 30.7 Å². The highest BCUT2D eigenvalue weighted by Gasteiger charge is 2.13. The predicted octanol–water partition coefficient (Wildman–Crippen LogP) is 4.30. The van der Waals surface area contributed by atoms with Crippen molar-refractivity contribution in [1.29, 1.82) is 0 Å². The largest absolute Gasteiger partial charge is 0.263 e. The van der Waals surface area contributed by atoms with Gasteiger partial charge >= 0.3 is 0 Å². The van der Waals surface area contributed by atoms with Crippen molar-refractivity contribution in [1.82, 2.24) is 18.9 Å². The van der Waals surface area contributed by atoms with Crippen LogP contribution in [0.4, 0.5) is 0 Å². The van der Waals surface area contributed by atoms with Gasteiger partial charge in [-0.05, 0) is 13.0 Å². The van der Waals surface area contributed by atoms with Gasteiger partial charge in [0.1, 0.15) is 12.2 Å². The number of rotatable bonds is 2. The smallest absolute Gasteiger partial charge is 0.125 e. The van der Waals surface area contributed by atoms with Crippen molar-refractivity contribution in [3.63, 3.8) is 0 Å². The van der Waals surface area contributed by atoms with E-state index in [1.54, 1.807) is 21.6 Å². The molecule has 0 spiro atoms. The van der Waals surface area contributed by atoms with Crippen LogP contribution in [0.1, 0.15) is 5.82 Å². The van der Waals surface area contributed by atoms with Crippen molar-refractivity contribution in [2.75, 3.05) is 0 Å². The summed E-state index contributed by atoms with van der Waals surface area (Å²) in [6.07, 6.45) is 3.43. The zero-order valence-electron chi connectivity index (χ0n) is 9.84. The number of hydrogen-bond acceptors (Lipinski definition) is 4. The highest BCUT2D eigenvalue weighted by atomic mass is 127. The molecule has 3 rings (SSSR count). The van der Waals surface area contributed by atoms with E-state index in [-0.39, 0.29) is 0 Å². The Labute approximate surface area is 131 Å². The topological polar surface area (TPSA) is 43.6 Å². The fourth-order valence-electron chi connectivity index (χ4n) is 1.91. The molecule has 1 aromatic carbocycles. The van der Waals surface area contributed by atoms with Crippen LogP contribution in [0, 0.1) is 6.92 Å². The van der Waals surface area contributed by atoms with E-state index in [1.165, 1.54) is 0 Å². The molecule has 0 fully saturated rings. The second-order valence-electron chi connectivity index (χ2n) is 3.93. The van der Waals surface area contributed by atoms with Crippen LogP contribution in [-0.4, -0.2) is 18.9 Å². The Morgan fingerprint density at radius 3 is 2.95 bits per heavy atom. The lowest BCUT2D eigenvalue weighted by Crippen LogP contribution is -1.92. The van der Waals surface area contributed by atoms with Gasteiger partial charge in [0.15, 0.2) is 0 Å². The number of hydrogen-bond donors (Lipinski definition) is 0. The van der Waals surface area contributed by atoms with Crippen LogP contribution < -0.4 is 0 Å². The van der Waals surface area contributed by atoms with E-state index in [9.17, 15) is 0 Å². The summed E-state index contributed by atoms with van der Waals surface area (Å²) in [5, 5.41) is 0.537. The van der Waals surface area contributed by atoms with E-state index in [1.807, 2.05) is 29.1 Å². The van der Waals surface area contributed by atoms with E-state index >= 15 is 0 Å². The molecule has 7 heteroatoms. The molecule has 0 radical (unpaired) electrons. The fourth-order valence-corrected chi connectivity index (χ4v) is 3.35. The number of aryl methyl sites for hydroxylation is 1. The van der Waals surface area contributed by atoms with Crippen molar-refractivity contribution in [3.05, 3.63) is 41.6 Å². The quantitative estimate of drug-likeness (QED) is 0.600. The lowest BCUT2D eigenvalue weighted by Gasteiger charge is -2.05. The zero-order valence-corrected chi connectivity index (χ0v) is 13.6. The summed E-state index contributed by atoms with van der Waals surface area (Å²) in [7, 11) is 1.57. The Hall–Kier alpha value is -0.860. The highest BCUT2D eigenvalue weighted by molar-refractivity contribution is 14.2. The molecule has 0 aliphatic heterocycles. The van der Waals surface area contributed by atoms with Gasteiger partial charge < -0.3 is 0 Å². The summed E-state index contributed by atoms with van der Waals surface area (Å²) in [6.45, 7) is 1.85. The van der Waals surface area contributed by atoms with Gasteiger partial charge in [0.2, 0.25) is 0 Å². The van der Waals surface area contributed by atoms with Crippen molar-refractivity contribution in [3.8, 4) is 11.3 Å². The van der Waals surface area contributed by atoms with Crippen molar-refractivity contribution < 1.29 is 0 Å². The molecular formula is C12H8ClIN4S. The number of aromatic nitrogens is 4. The van der Waals surface area contributed by atoms with Gasteiger partial charge in [0.25, 0.3) is 0 Å². The molecule has 3 aromatic rings. The zero-order chi connectivity index (χ0) is 13.4. The number of nitrogens with zero attached hydrogens (tertiary/aromatic N) is 4. The van der Waals surface area contributed by atoms with E-state index < -0.39 is 0 Å². The first-order valence-corrected chi connectivity index (χ1v) is 9.15. The third-order valence-corrected chi connectivity index (χ3v) is 4.73. The van der Waals surface area contributed by atoms with Gasteiger partial charge in [0, 0.05) is 42.1 Å². The first-order valence-electron chi connectivity index (χ1n) is 5.45. The van der Waals surface area contributed by atoms with Crippen LogP contribution in [0.2, 0.25) is 5.02 Å². The van der Waals surface area contributed by atoms with E-state index in [0.717, 1.165) is 22.3 Å². The molecule has 0 unspecified atom stereocenters. The predicted molar refractivity (Wildman–Crippen MR) is 87.5 cm³/mol. The summed E-state index contributed by atoms with van der Waals surface area (Å²) >= 11 is 8.43. The van der Waals surface area contributed by atoms with Gasteiger partial charge in [-0.2, -0.15) is 0 Å². The second kappa shape index (κ2) is 5.26. The van der Waals surface area contributed by atoms with Gasteiger partial charge in [-0.3, -0.25) is 3.97 Å². The van der Waals surface area contributed by atoms with Crippen LogP contribution in [0.5, 0.6) is 0 Å². The monoisotopic (exact) mass is 402 g/mol. The van der Waals surface area contributed by atoms with E-state index in [0.29, 0.717) is 10.8 Å². The first kappa shape index (κ1) is 13.1. The maximum absolute atomic E-state index is 6.21. The molecule has 0 N–H and O–H groups in total. The number of imidazole rings is 1. The molecule has 0 atom stereocenters. The van der Waals surface area contributed by atoms with E-state index in [4.69, 9.17) is 11.6 Å². The van der Waals surface area contributed by atoms with Crippen LogP contribution in [0.3, 0.4) is 0 Å². The molecule has 2 heterocycles. The first-order chi connectivity index (χ1) is 9.20. The lowest BCUT2D eigenvalue weighted by atomic mass is 10.1. The summed E-state index contributed by atoms with van der Waals surface area (Å²) in [4.78, 5) is 13.0. The Balaban J connectivity index is 2.31. The van der Waals surface area contributed by atoms with Gasteiger partial charge in [-0.15, -0.1) is 0 Å². The molecule has 0 amide bonds. The van der Waals surface area contributed by atoms with Gasteiger partial charge in [0.05, 0.1) is 21.7 Å². The summed E-state index contributed by atoms with van der Waals surface area (Å²) in [5.41, 5.74) is 3.59. The van der Waals surface area contributed by atoms with Crippen molar-refractivity contribution >= 4 is 53.0 Å². The third-order valence-electron chi connectivity index (χ3n) is 2.74. The Kier molecular flexibility index (Phi) is 3.64. The van der Waals surface area contributed by atoms with Gasteiger partial charge in [-0.25, -0.2) is 15.0 Å². The molecule has 0 bridgehead atoms. The molecular weight excluding hydrogens is 395 g/mol. The highest BCUT2D eigenvalue weighted by Crippen LogP contribution is 2.32. The number of benzene rings is 1. The molecule has 96 valence electrons. The summed E-state index contributed by atoms with van der Waals surface area (Å²) in [6, 6.07) is 5.99. The number of para-hydroxylation sites is 1. The number of fused-ring (bicyclic) bond motifs is 1. The average Bonchev–Trinajstić information content (AvgIpc) is 2.84. The minimum absolute atomic E-state index is 0.537. The van der Waals surface area contributed by atoms with Crippen LogP contribution >= 0.6 is 41.9 Å². The molecule has 0 aliphatic carbocycles. The second-order valence-corrected chi connectivity index (χ2v) is 6.05. The maximum Gasteiger partial charge on any atom is 0.125 e. The molecule has 2 aromatic heterocycles. The normalized spacial score (nSPS) is 11.1. The summed E-state index contributed by atoms with van der Waals surface area (Å²) in [5.74, 6) is 0.694. The minimum Gasteiger partial charge on any atom is -0.263 e. The molecule has 4 nitrogen and oxygen atoms in total. The van der Waals surface area contributed by atoms with Crippen LogP contribution in [0.25, 0.3) is 22.3 Å². The standard InChI is InChI=1S/C12H8ClIN4S/c1-7-15-5-9(13)11(17-7)8-3-2-4-10-12(8)16-6-18(10)19-14/h2-6H,1H3. The van der Waals surface area contributed by atoms with Crippen molar-refractivity contribution in [2.45, 2.75) is 6.92 Å². The third kappa shape index (κ3) is 2.32. The molecule has 19 heavy (non-hydrogen) atoms. The lowest BCUT2D eigenvalue weighted by molar-refractivity contribution is 1.06. The summed E-state index contributed by atoms with van der Waals surface area (Å²) < 4.78 is 2.00. The van der Waals surface area contributed by atoms with Gasteiger partial charge in [-0.1, -0.05) is 23.7 Å². The average molecular weight is 403 g/mol. The molecule has 0 aliphatic rings. The van der Waals surface area contributed by atoms with E-state index in [2.05, 4.69) is 36.2 Å². The Morgan fingerprint density at radius 2 is 2.16 bits per heavy atom. The Morgan fingerprint density at radius 1 is 1.32 bits per heavy atom. The number of halogens is 2. The fraction of sp³-hybridized carbons (Fsp3) is 0.0833. The Bertz CT molecular complexity index is 759. The molecule has 0 saturated heterocycles. The van der Waals surface area contributed by atoms with Crippen LogP contribution in [-0.2, 0) is 0 Å².